The first-order valence-corrected chi connectivity index (χ1v) is 10.1. The number of guanidine groups is 1. The first-order chi connectivity index (χ1) is 13.6. The molecule has 2 heterocycles. The molecule has 2 aromatic rings. The van der Waals surface area contributed by atoms with Gasteiger partial charge in [-0.05, 0) is 42.3 Å². The Labute approximate surface area is 198 Å². The molecule has 6 nitrogen and oxygen atoms in total. The second kappa shape index (κ2) is 12.6. The van der Waals surface area contributed by atoms with Gasteiger partial charge in [-0.15, -0.1) is 24.0 Å². The molecule has 0 radical (unpaired) electrons. The fourth-order valence-electron chi connectivity index (χ4n) is 2.97. The highest BCUT2D eigenvalue weighted by molar-refractivity contribution is 14.0. The van der Waals surface area contributed by atoms with Crippen LogP contribution < -0.4 is 10.6 Å². The van der Waals surface area contributed by atoms with E-state index in [9.17, 15) is 5.11 Å². The number of nitrogens with one attached hydrogen (secondary N) is 2. The molecule has 2 atom stereocenters. The van der Waals surface area contributed by atoms with Gasteiger partial charge in [-0.3, -0.25) is 4.99 Å². The number of hydrogen-bond donors (Lipinski definition) is 3. The van der Waals surface area contributed by atoms with Crippen molar-refractivity contribution in [2.75, 3.05) is 32.8 Å². The Kier molecular flexibility index (Phi) is 10.6. The zero-order valence-corrected chi connectivity index (χ0v) is 19.8. The lowest BCUT2D eigenvalue weighted by Gasteiger charge is -2.16. The number of halogens is 3. The van der Waals surface area contributed by atoms with E-state index >= 15 is 0 Å². The zero-order chi connectivity index (χ0) is 19.8. The van der Waals surface area contributed by atoms with Crippen molar-refractivity contribution in [2.24, 2.45) is 10.9 Å². The third kappa shape index (κ3) is 8.33. The molecule has 3 N–H and O–H groups in total. The average molecular weight is 554 g/mol. The molecular weight excluding hydrogens is 528 g/mol. The number of ether oxygens (including phenoxy) is 1. The third-order valence-electron chi connectivity index (χ3n) is 4.52. The topological polar surface area (TPSA) is 79.0 Å². The lowest BCUT2D eigenvalue weighted by Crippen LogP contribution is -2.41. The predicted octanol–water partition coefficient (Wildman–Crippen LogP) is 4.05. The number of hydrogen-bond acceptors (Lipinski definition) is 4. The van der Waals surface area contributed by atoms with Gasteiger partial charge in [0.25, 0.3) is 0 Å². The van der Waals surface area contributed by atoms with Crippen molar-refractivity contribution >= 4 is 53.1 Å². The van der Waals surface area contributed by atoms with Gasteiger partial charge in [-0.25, -0.2) is 0 Å². The van der Waals surface area contributed by atoms with Crippen LogP contribution in [0.3, 0.4) is 0 Å². The van der Waals surface area contributed by atoms with Crippen molar-refractivity contribution in [3.8, 4) is 0 Å². The lowest BCUT2D eigenvalue weighted by atomic mass is 10.1. The summed E-state index contributed by atoms with van der Waals surface area (Å²) >= 11 is 12.0. The number of furan rings is 1. The van der Waals surface area contributed by atoms with Crippen LogP contribution in [0, 0.1) is 5.92 Å². The number of nitrogens with zero attached hydrogens (tertiary/aromatic N) is 1. The van der Waals surface area contributed by atoms with Crippen LogP contribution in [0.1, 0.15) is 23.8 Å². The van der Waals surface area contributed by atoms with Gasteiger partial charge in [0.15, 0.2) is 5.96 Å². The molecule has 29 heavy (non-hydrogen) atoms. The Morgan fingerprint density at radius 3 is 2.69 bits per heavy atom. The molecule has 0 saturated carbocycles. The molecule has 0 bridgehead atoms. The summed E-state index contributed by atoms with van der Waals surface area (Å²) in [6, 6.07) is 8.83. The van der Waals surface area contributed by atoms with Gasteiger partial charge in [-0.1, -0.05) is 23.2 Å². The standard InChI is InChI=1S/C20H25Cl2N3O3.HI/c21-16-8-15(9-17(22)10-16)19(26)12-25-20(24-11-14-4-7-27-13-14)23-5-3-18-2-1-6-28-18;/h1-2,6,8-10,14,19,26H,3-5,7,11-13H2,(H2,23,24,25);1H. The summed E-state index contributed by atoms with van der Waals surface area (Å²) in [6.45, 7) is 3.19. The van der Waals surface area contributed by atoms with Gasteiger partial charge in [0.05, 0.1) is 25.5 Å². The number of rotatable bonds is 8. The second-order valence-corrected chi connectivity index (χ2v) is 7.65. The predicted molar refractivity (Wildman–Crippen MR) is 126 cm³/mol. The van der Waals surface area contributed by atoms with Gasteiger partial charge < -0.3 is 24.9 Å². The number of benzene rings is 1. The van der Waals surface area contributed by atoms with Crippen LogP contribution in [0.25, 0.3) is 0 Å². The Morgan fingerprint density at radius 2 is 2.03 bits per heavy atom. The van der Waals surface area contributed by atoms with E-state index in [1.165, 1.54) is 0 Å². The SMILES string of the molecule is I.OC(CN=C(NCCc1ccco1)NCC1CCOC1)c1cc(Cl)cc(Cl)c1. The minimum absolute atomic E-state index is 0. The maximum Gasteiger partial charge on any atom is 0.191 e. The number of aliphatic hydroxyl groups excluding tert-OH is 1. The molecular formula is C20H26Cl2IN3O3. The van der Waals surface area contributed by atoms with Crippen LogP contribution in [0.5, 0.6) is 0 Å². The first kappa shape index (κ1) is 24.3. The van der Waals surface area contributed by atoms with Crippen LogP contribution in [0.15, 0.2) is 46.0 Å². The molecule has 0 amide bonds. The summed E-state index contributed by atoms with van der Waals surface area (Å²) in [6.07, 6.45) is 2.65. The lowest BCUT2D eigenvalue weighted by molar-refractivity contribution is 0.185. The van der Waals surface area contributed by atoms with Gasteiger partial charge in [-0.2, -0.15) is 0 Å². The van der Waals surface area contributed by atoms with Crippen molar-refractivity contribution in [3.63, 3.8) is 0 Å². The van der Waals surface area contributed by atoms with E-state index in [0.717, 1.165) is 38.4 Å². The van der Waals surface area contributed by atoms with Crippen molar-refractivity contribution in [1.29, 1.82) is 0 Å². The molecule has 2 unspecified atom stereocenters. The zero-order valence-electron chi connectivity index (χ0n) is 15.9. The molecule has 0 spiro atoms. The molecule has 1 aliphatic heterocycles. The molecule has 160 valence electrons. The van der Waals surface area contributed by atoms with E-state index in [1.54, 1.807) is 24.5 Å². The molecule has 9 heteroatoms. The van der Waals surface area contributed by atoms with Crippen LogP contribution >= 0.6 is 47.2 Å². The molecule has 1 aromatic heterocycles. The molecule has 3 rings (SSSR count). The highest BCUT2D eigenvalue weighted by Gasteiger charge is 2.16. The van der Waals surface area contributed by atoms with E-state index in [2.05, 4.69) is 15.6 Å². The monoisotopic (exact) mass is 553 g/mol. The summed E-state index contributed by atoms with van der Waals surface area (Å²) in [5.74, 6) is 2.02. The highest BCUT2D eigenvalue weighted by atomic mass is 127. The van der Waals surface area contributed by atoms with Gasteiger partial charge in [0, 0.05) is 42.1 Å². The minimum atomic E-state index is -0.797. The summed E-state index contributed by atoms with van der Waals surface area (Å²) in [5, 5.41) is 18.1. The van der Waals surface area contributed by atoms with Crippen LogP contribution in [-0.2, 0) is 11.2 Å². The molecule has 0 aliphatic carbocycles. The number of aliphatic hydroxyl groups is 1. The van der Waals surface area contributed by atoms with Crippen molar-refractivity contribution < 1.29 is 14.3 Å². The van der Waals surface area contributed by atoms with E-state index < -0.39 is 6.10 Å². The highest BCUT2D eigenvalue weighted by Crippen LogP contribution is 2.23. The van der Waals surface area contributed by atoms with E-state index in [4.69, 9.17) is 32.4 Å². The van der Waals surface area contributed by atoms with E-state index in [1.807, 2.05) is 12.1 Å². The Balaban J connectivity index is 0.00000300. The van der Waals surface area contributed by atoms with Crippen LogP contribution in [0.2, 0.25) is 10.0 Å². The molecule has 1 aromatic carbocycles. The third-order valence-corrected chi connectivity index (χ3v) is 4.95. The maximum absolute atomic E-state index is 10.5. The summed E-state index contributed by atoms with van der Waals surface area (Å²) in [4.78, 5) is 4.53. The summed E-state index contributed by atoms with van der Waals surface area (Å²) < 4.78 is 10.8. The van der Waals surface area contributed by atoms with Crippen LogP contribution in [-0.4, -0.2) is 43.9 Å². The van der Waals surface area contributed by atoms with Crippen molar-refractivity contribution in [3.05, 3.63) is 58.0 Å². The van der Waals surface area contributed by atoms with Gasteiger partial charge in [0.1, 0.15) is 5.76 Å². The minimum Gasteiger partial charge on any atom is -0.469 e. The van der Waals surface area contributed by atoms with Crippen LogP contribution in [0.4, 0.5) is 0 Å². The fraction of sp³-hybridized carbons (Fsp3) is 0.450. The first-order valence-electron chi connectivity index (χ1n) is 9.36. The summed E-state index contributed by atoms with van der Waals surface area (Å²) in [5.41, 5.74) is 0.639. The maximum atomic E-state index is 10.5. The van der Waals surface area contributed by atoms with Gasteiger partial charge in [0.2, 0.25) is 0 Å². The largest absolute Gasteiger partial charge is 0.469 e. The smallest absolute Gasteiger partial charge is 0.191 e. The van der Waals surface area contributed by atoms with Gasteiger partial charge >= 0.3 is 0 Å². The Bertz CT molecular complexity index is 748. The van der Waals surface area contributed by atoms with Crippen molar-refractivity contribution in [1.82, 2.24) is 10.6 Å². The Morgan fingerprint density at radius 1 is 1.24 bits per heavy atom. The molecule has 1 aliphatic rings. The molecule has 1 saturated heterocycles. The second-order valence-electron chi connectivity index (χ2n) is 6.77. The number of aliphatic imine (C=N–C) groups is 1. The van der Waals surface area contributed by atoms with Crippen molar-refractivity contribution in [2.45, 2.75) is 18.9 Å². The quantitative estimate of drug-likeness (QED) is 0.261. The fourth-order valence-corrected chi connectivity index (χ4v) is 3.51. The normalized spacial score (nSPS) is 17.6. The summed E-state index contributed by atoms with van der Waals surface area (Å²) in [7, 11) is 0. The molecule has 1 fully saturated rings. The van der Waals surface area contributed by atoms with E-state index in [0.29, 0.717) is 34.0 Å². The Hall–Kier alpha value is -1.000. The van der Waals surface area contributed by atoms with E-state index in [-0.39, 0.29) is 30.5 Å². The average Bonchev–Trinajstić information content (AvgIpc) is 3.36.